The summed E-state index contributed by atoms with van der Waals surface area (Å²) in [5.41, 5.74) is 2.16. The summed E-state index contributed by atoms with van der Waals surface area (Å²) in [6.45, 7) is 9.55. The predicted molar refractivity (Wildman–Crippen MR) is 187 cm³/mol. The highest BCUT2D eigenvalue weighted by Gasteiger charge is 2.32. The summed E-state index contributed by atoms with van der Waals surface area (Å²) >= 11 is 6.58. The van der Waals surface area contributed by atoms with Crippen molar-refractivity contribution in [3.05, 3.63) is 101 Å². The van der Waals surface area contributed by atoms with Crippen molar-refractivity contribution in [3.63, 3.8) is 0 Å². The minimum absolute atomic E-state index is 0.0395. The van der Waals surface area contributed by atoms with E-state index in [0.717, 1.165) is 56.6 Å². The molecule has 3 aromatic carbocycles. The van der Waals surface area contributed by atoms with Crippen molar-refractivity contribution in [3.8, 4) is 16.9 Å². The number of thioether (sulfide) groups is 1. The van der Waals surface area contributed by atoms with Gasteiger partial charge in [-0.2, -0.15) is 0 Å². The Morgan fingerprint density at radius 2 is 1.65 bits per heavy atom. The molecule has 2 heterocycles. The number of nitrogens with zero attached hydrogens (tertiary/aromatic N) is 3. The number of carboxylic acids is 1. The van der Waals surface area contributed by atoms with Gasteiger partial charge in [0.15, 0.2) is 11.6 Å². The van der Waals surface area contributed by atoms with Crippen LogP contribution >= 0.6 is 24.0 Å². The molecule has 2 aliphatic rings. The number of piperazine rings is 1. The first-order chi connectivity index (χ1) is 23.1. The van der Waals surface area contributed by atoms with Gasteiger partial charge in [0.1, 0.15) is 16.7 Å². The Balaban J connectivity index is 1.28. The largest absolute Gasteiger partial charge is 0.492 e. The van der Waals surface area contributed by atoms with E-state index in [1.54, 1.807) is 24.3 Å². The van der Waals surface area contributed by atoms with E-state index in [1.165, 1.54) is 35.2 Å². The van der Waals surface area contributed by atoms with Crippen LogP contribution in [0.25, 0.3) is 17.2 Å². The molecular formula is C35H34F2N4O5S2. The van der Waals surface area contributed by atoms with Crippen LogP contribution in [0.3, 0.4) is 0 Å². The Morgan fingerprint density at radius 1 is 0.958 bits per heavy atom. The van der Waals surface area contributed by atoms with Crippen LogP contribution in [0.1, 0.15) is 22.3 Å². The molecule has 0 aliphatic carbocycles. The number of aromatic carboxylic acids is 1. The molecule has 9 nitrogen and oxygen atoms in total. The number of thiocarbonyl (C=S) groups is 1. The second-order valence-electron chi connectivity index (χ2n) is 11.2. The summed E-state index contributed by atoms with van der Waals surface area (Å²) in [4.78, 5) is 43.4. The summed E-state index contributed by atoms with van der Waals surface area (Å²) in [6.07, 6.45) is 3.53. The van der Waals surface area contributed by atoms with Crippen LogP contribution in [0, 0.1) is 11.6 Å². The molecule has 3 aromatic rings. The van der Waals surface area contributed by atoms with E-state index in [9.17, 15) is 23.2 Å². The number of hydrogen-bond acceptors (Lipinski definition) is 8. The van der Waals surface area contributed by atoms with Gasteiger partial charge >= 0.3 is 5.97 Å². The van der Waals surface area contributed by atoms with E-state index >= 15 is 0 Å². The number of carbonyl (C=O) groups is 3. The van der Waals surface area contributed by atoms with Crippen molar-refractivity contribution in [1.29, 1.82) is 0 Å². The fourth-order valence-electron chi connectivity index (χ4n) is 5.28. The van der Waals surface area contributed by atoms with Gasteiger partial charge in [0.2, 0.25) is 5.91 Å². The third kappa shape index (κ3) is 8.92. The second kappa shape index (κ2) is 16.1. The maximum absolute atomic E-state index is 14.1. The quantitative estimate of drug-likeness (QED) is 0.132. The molecule has 0 radical (unpaired) electrons. The summed E-state index contributed by atoms with van der Waals surface area (Å²) in [7, 11) is 0. The van der Waals surface area contributed by atoms with E-state index in [4.69, 9.17) is 22.1 Å². The van der Waals surface area contributed by atoms with Gasteiger partial charge in [0, 0.05) is 63.5 Å². The third-order valence-electron chi connectivity index (χ3n) is 7.92. The van der Waals surface area contributed by atoms with Crippen LogP contribution in [0.15, 0.2) is 78.2 Å². The maximum Gasteiger partial charge on any atom is 0.335 e. The van der Waals surface area contributed by atoms with Gasteiger partial charge in [-0.1, -0.05) is 42.2 Å². The molecule has 2 amide bonds. The minimum atomic E-state index is -1.07. The van der Waals surface area contributed by atoms with Crippen LogP contribution < -0.4 is 10.1 Å². The lowest BCUT2D eigenvalue weighted by atomic mass is 10.0. The summed E-state index contributed by atoms with van der Waals surface area (Å²) in [6, 6.07) is 14.7. The van der Waals surface area contributed by atoms with E-state index in [-0.39, 0.29) is 30.3 Å². The summed E-state index contributed by atoms with van der Waals surface area (Å²) in [5, 5.41) is 11.7. The number of anilines is 1. The highest BCUT2D eigenvalue weighted by atomic mass is 32.2. The first-order valence-corrected chi connectivity index (χ1v) is 16.5. The Bertz CT molecular complexity index is 1740. The molecule has 0 spiro atoms. The maximum atomic E-state index is 14.1. The molecule has 0 unspecified atom stereocenters. The van der Waals surface area contributed by atoms with Gasteiger partial charge in [-0.15, -0.1) is 6.58 Å². The smallest absolute Gasteiger partial charge is 0.335 e. The van der Waals surface area contributed by atoms with Gasteiger partial charge in [-0.3, -0.25) is 24.3 Å². The number of benzene rings is 3. The fraction of sp³-hybridized carbons (Fsp3) is 0.257. The van der Waals surface area contributed by atoms with Gasteiger partial charge in [-0.25, -0.2) is 13.6 Å². The molecule has 2 fully saturated rings. The van der Waals surface area contributed by atoms with Crippen LogP contribution in [0.2, 0.25) is 0 Å². The average Bonchev–Trinajstić information content (AvgIpc) is 3.34. The molecular weight excluding hydrogens is 659 g/mol. The monoisotopic (exact) mass is 692 g/mol. The number of carbonyl (C=O) groups excluding carboxylic acids is 2. The number of carboxylic acid groups (broad SMARTS) is 1. The molecule has 250 valence electrons. The third-order valence-corrected chi connectivity index (χ3v) is 9.30. The number of halogens is 2. The molecule has 2 aliphatic heterocycles. The zero-order valence-electron chi connectivity index (χ0n) is 26.0. The minimum Gasteiger partial charge on any atom is -0.492 e. The van der Waals surface area contributed by atoms with Crippen LogP contribution in [-0.2, 0) is 9.59 Å². The summed E-state index contributed by atoms with van der Waals surface area (Å²) < 4.78 is 34.2. The van der Waals surface area contributed by atoms with Crippen molar-refractivity contribution in [1.82, 2.24) is 14.7 Å². The van der Waals surface area contributed by atoms with Crippen molar-refractivity contribution >= 4 is 57.8 Å². The van der Waals surface area contributed by atoms with Crippen LogP contribution in [-0.4, -0.2) is 94.3 Å². The lowest BCUT2D eigenvalue weighted by molar-refractivity contribution is -0.122. The molecule has 0 atom stereocenters. The molecule has 13 heteroatoms. The highest BCUT2D eigenvalue weighted by Crippen LogP contribution is 2.36. The lowest BCUT2D eigenvalue weighted by Gasteiger charge is -2.33. The van der Waals surface area contributed by atoms with Crippen molar-refractivity contribution < 1.29 is 33.0 Å². The first kappa shape index (κ1) is 34.9. The van der Waals surface area contributed by atoms with Gasteiger partial charge in [0.05, 0.1) is 10.5 Å². The zero-order chi connectivity index (χ0) is 34.2. The van der Waals surface area contributed by atoms with Gasteiger partial charge < -0.3 is 15.2 Å². The highest BCUT2D eigenvalue weighted by molar-refractivity contribution is 8.26. The molecule has 0 aromatic heterocycles. The van der Waals surface area contributed by atoms with Crippen molar-refractivity contribution in [2.24, 2.45) is 0 Å². The van der Waals surface area contributed by atoms with Crippen molar-refractivity contribution in [2.45, 2.75) is 6.42 Å². The van der Waals surface area contributed by atoms with Gasteiger partial charge in [-0.05, 0) is 65.7 Å². The number of hydrogen-bond donors (Lipinski definition) is 2. The Hall–Kier alpha value is -4.43. The first-order valence-electron chi connectivity index (χ1n) is 15.3. The molecule has 0 saturated carbocycles. The molecule has 2 N–H and O–H groups in total. The molecule has 5 rings (SSSR count). The van der Waals surface area contributed by atoms with E-state index in [2.05, 4.69) is 21.7 Å². The number of ether oxygens (including phenoxy) is 1. The summed E-state index contributed by atoms with van der Waals surface area (Å²) in [5.74, 6) is -3.20. The molecule has 48 heavy (non-hydrogen) atoms. The van der Waals surface area contributed by atoms with Crippen LogP contribution in [0.4, 0.5) is 14.5 Å². The number of nitrogens with one attached hydrogen (secondary N) is 1. The zero-order valence-corrected chi connectivity index (χ0v) is 27.6. The average molecular weight is 693 g/mol. The normalized spacial score (nSPS) is 16.4. The van der Waals surface area contributed by atoms with Crippen molar-refractivity contribution in [2.75, 3.05) is 57.7 Å². The fourth-order valence-corrected chi connectivity index (χ4v) is 6.58. The Morgan fingerprint density at radius 3 is 2.33 bits per heavy atom. The topological polar surface area (TPSA) is 102 Å². The number of amides is 2. The standard InChI is InChI=1S/C35H34F2N4O5S2/c1-2-12-39-14-16-40(17-15-39)18-19-46-30-10-6-24(25-5-9-28(36)29(37)21-25)20-26(30)22-31-33(43)41(35(47)48-31)13-11-32(42)38-27-7-3-23(4-8-27)34(44)45/h2-10,20-22H,1,11-19H2,(H,38,42)(H,44,45)/b31-22-. The molecule has 0 bridgehead atoms. The Kier molecular flexibility index (Phi) is 11.7. The Labute approximate surface area is 286 Å². The lowest BCUT2D eigenvalue weighted by Crippen LogP contribution is -2.47. The van der Waals surface area contributed by atoms with Gasteiger partial charge in [0.25, 0.3) is 5.91 Å². The SMILES string of the molecule is C=CCN1CCN(CCOc2ccc(-c3ccc(F)c(F)c3)cc2/C=C2\SC(=S)N(CCC(=O)Nc3ccc(C(=O)O)cc3)C2=O)CC1. The number of rotatable bonds is 13. The van der Waals surface area contributed by atoms with Crippen LogP contribution in [0.5, 0.6) is 5.75 Å². The predicted octanol–water partition coefficient (Wildman–Crippen LogP) is 5.74. The van der Waals surface area contributed by atoms with E-state index < -0.39 is 17.6 Å². The van der Waals surface area contributed by atoms with E-state index in [1.807, 2.05) is 6.08 Å². The second-order valence-corrected chi connectivity index (χ2v) is 12.9. The molecule has 2 saturated heterocycles. The van der Waals surface area contributed by atoms with E-state index in [0.29, 0.717) is 50.5 Å².